The molecule has 0 bridgehead atoms. The van der Waals surface area contributed by atoms with E-state index >= 15 is 0 Å². The van der Waals surface area contributed by atoms with Crippen molar-refractivity contribution in [2.75, 3.05) is 18.0 Å². The van der Waals surface area contributed by atoms with Crippen LogP contribution in [0.15, 0.2) is 54.6 Å². The number of anilines is 1. The lowest BCUT2D eigenvalue weighted by Gasteiger charge is -2.20. The van der Waals surface area contributed by atoms with E-state index < -0.39 is 0 Å². The van der Waals surface area contributed by atoms with E-state index in [9.17, 15) is 0 Å². The molecule has 0 atom stereocenters. The molecule has 0 N–H and O–H groups in total. The van der Waals surface area contributed by atoms with Crippen molar-refractivity contribution in [1.29, 1.82) is 0 Å². The fourth-order valence-electron chi connectivity index (χ4n) is 2.88. The molecule has 1 aromatic heterocycles. The van der Waals surface area contributed by atoms with Gasteiger partial charge in [0.05, 0.1) is 5.52 Å². The summed E-state index contributed by atoms with van der Waals surface area (Å²) < 4.78 is 0. The fraction of sp³-hybridized carbons (Fsp3) is 0.190. The summed E-state index contributed by atoms with van der Waals surface area (Å²) in [4.78, 5) is 6.70. The summed E-state index contributed by atoms with van der Waals surface area (Å²) in [6, 6.07) is 18.6. The van der Waals surface area contributed by atoms with E-state index in [0.717, 1.165) is 29.6 Å². The normalized spacial score (nSPS) is 11.3. The van der Waals surface area contributed by atoms with Gasteiger partial charge in [0, 0.05) is 24.2 Å². The van der Waals surface area contributed by atoms with Crippen molar-refractivity contribution in [2.45, 2.75) is 13.8 Å². The Bertz CT molecular complexity index is 849. The summed E-state index contributed by atoms with van der Waals surface area (Å²) in [5.74, 6) is 0. The molecular formula is C21H21ClN2. The molecule has 0 aliphatic heterocycles. The van der Waals surface area contributed by atoms with E-state index in [2.05, 4.69) is 66.2 Å². The standard InChI is InChI=1S/C21H21ClN2/c1-3-24(4-2)18-13-10-16(11-14-18)9-12-17-15-21(22)23-20-8-6-5-7-19(17)20/h5-15H,3-4H2,1-2H3/b12-9+. The first-order valence-electron chi connectivity index (χ1n) is 8.29. The van der Waals surface area contributed by atoms with Crippen molar-refractivity contribution >= 4 is 40.3 Å². The number of para-hydroxylation sites is 1. The predicted octanol–water partition coefficient (Wildman–Crippen LogP) is 5.90. The van der Waals surface area contributed by atoms with Gasteiger partial charge in [-0.25, -0.2) is 4.98 Å². The van der Waals surface area contributed by atoms with Gasteiger partial charge in [-0.15, -0.1) is 0 Å². The highest BCUT2D eigenvalue weighted by Gasteiger charge is 2.03. The van der Waals surface area contributed by atoms with Gasteiger partial charge < -0.3 is 4.90 Å². The van der Waals surface area contributed by atoms with Gasteiger partial charge in [-0.1, -0.05) is 54.1 Å². The zero-order chi connectivity index (χ0) is 16.9. The molecule has 24 heavy (non-hydrogen) atoms. The summed E-state index contributed by atoms with van der Waals surface area (Å²) in [5.41, 5.74) is 4.43. The minimum Gasteiger partial charge on any atom is -0.372 e. The minimum atomic E-state index is 0.519. The van der Waals surface area contributed by atoms with Crippen LogP contribution in [0.3, 0.4) is 0 Å². The predicted molar refractivity (Wildman–Crippen MR) is 106 cm³/mol. The number of nitrogens with zero attached hydrogens (tertiary/aromatic N) is 2. The van der Waals surface area contributed by atoms with Gasteiger partial charge in [-0.2, -0.15) is 0 Å². The first kappa shape index (κ1) is 16.5. The zero-order valence-corrected chi connectivity index (χ0v) is 14.8. The smallest absolute Gasteiger partial charge is 0.130 e. The van der Waals surface area contributed by atoms with Crippen LogP contribution in [0.4, 0.5) is 5.69 Å². The van der Waals surface area contributed by atoms with Crippen molar-refractivity contribution in [3.05, 3.63) is 70.9 Å². The summed E-state index contributed by atoms with van der Waals surface area (Å²) >= 11 is 6.14. The average Bonchev–Trinajstić information content (AvgIpc) is 2.61. The van der Waals surface area contributed by atoms with Crippen LogP contribution in [0.1, 0.15) is 25.0 Å². The van der Waals surface area contributed by atoms with E-state index in [1.54, 1.807) is 0 Å². The summed E-state index contributed by atoms with van der Waals surface area (Å²) in [5, 5.41) is 1.63. The highest BCUT2D eigenvalue weighted by atomic mass is 35.5. The van der Waals surface area contributed by atoms with Crippen molar-refractivity contribution in [2.24, 2.45) is 0 Å². The SMILES string of the molecule is CCN(CC)c1ccc(/C=C/c2cc(Cl)nc3ccccc23)cc1. The molecule has 1 heterocycles. The summed E-state index contributed by atoms with van der Waals surface area (Å²) in [6.07, 6.45) is 4.21. The minimum absolute atomic E-state index is 0.519. The maximum atomic E-state index is 6.14. The molecule has 0 amide bonds. The molecule has 3 aromatic rings. The van der Waals surface area contributed by atoms with E-state index in [1.807, 2.05) is 24.3 Å². The topological polar surface area (TPSA) is 16.1 Å². The molecule has 0 spiro atoms. The largest absolute Gasteiger partial charge is 0.372 e. The van der Waals surface area contributed by atoms with Gasteiger partial charge in [-0.05, 0) is 49.2 Å². The number of rotatable bonds is 5. The molecule has 0 unspecified atom stereocenters. The third-order valence-electron chi connectivity index (χ3n) is 4.19. The number of fused-ring (bicyclic) bond motifs is 1. The van der Waals surface area contributed by atoms with Crippen LogP contribution in [0.2, 0.25) is 5.15 Å². The molecule has 0 fully saturated rings. The maximum Gasteiger partial charge on any atom is 0.130 e. The van der Waals surface area contributed by atoms with Crippen LogP contribution < -0.4 is 4.90 Å². The maximum absolute atomic E-state index is 6.14. The third-order valence-corrected chi connectivity index (χ3v) is 4.39. The molecule has 0 radical (unpaired) electrons. The van der Waals surface area contributed by atoms with Crippen molar-refractivity contribution in [3.8, 4) is 0 Å². The second-order valence-electron chi connectivity index (χ2n) is 5.65. The van der Waals surface area contributed by atoms with E-state index in [0.29, 0.717) is 5.15 Å². The number of aromatic nitrogens is 1. The van der Waals surface area contributed by atoms with E-state index in [1.165, 1.54) is 11.3 Å². The number of hydrogen-bond acceptors (Lipinski definition) is 2. The second kappa shape index (κ2) is 7.50. The lowest BCUT2D eigenvalue weighted by atomic mass is 10.1. The van der Waals surface area contributed by atoms with Crippen LogP contribution in [0.5, 0.6) is 0 Å². The van der Waals surface area contributed by atoms with Crippen LogP contribution in [0, 0.1) is 0 Å². The van der Waals surface area contributed by atoms with Gasteiger partial charge in [-0.3, -0.25) is 0 Å². The Labute approximate surface area is 148 Å². The number of pyridine rings is 1. The molecule has 0 saturated carbocycles. The second-order valence-corrected chi connectivity index (χ2v) is 6.04. The summed E-state index contributed by atoms with van der Waals surface area (Å²) in [7, 11) is 0. The average molecular weight is 337 g/mol. The number of hydrogen-bond donors (Lipinski definition) is 0. The Hall–Kier alpha value is -2.32. The Morgan fingerprint density at radius 2 is 1.67 bits per heavy atom. The first-order chi connectivity index (χ1) is 11.7. The third kappa shape index (κ3) is 3.60. The lowest BCUT2D eigenvalue weighted by Crippen LogP contribution is -2.21. The Kier molecular flexibility index (Phi) is 5.17. The Balaban J connectivity index is 1.89. The van der Waals surface area contributed by atoms with E-state index in [4.69, 9.17) is 11.6 Å². The monoisotopic (exact) mass is 336 g/mol. The van der Waals surface area contributed by atoms with Crippen LogP contribution >= 0.6 is 11.6 Å². The highest BCUT2D eigenvalue weighted by molar-refractivity contribution is 6.30. The van der Waals surface area contributed by atoms with Crippen LogP contribution in [0.25, 0.3) is 23.1 Å². The van der Waals surface area contributed by atoms with Crippen molar-refractivity contribution in [3.63, 3.8) is 0 Å². The number of halogens is 1. The molecule has 2 aromatic carbocycles. The van der Waals surface area contributed by atoms with Gasteiger partial charge in [0.1, 0.15) is 5.15 Å². The summed E-state index contributed by atoms with van der Waals surface area (Å²) in [6.45, 7) is 6.39. The fourth-order valence-corrected chi connectivity index (χ4v) is 3.09. The van der Waals surface area contributed by atoms with Gasteiger partial charge in [0.25, 0.3) is 0 Å². The molecular weight excluding hydrogens is 316 g/mol. The van der Waals surface area contributed by atoms with Gasteiger partial charge in [0.15, 0.2) is 0 Å². The number of benzene rings is 2. The van der Waals surface area contributed by atoms with Crippen molar-refractivity contribution < 1.29 is 0 Å². The molecule has 0 aliphatic rings. The Morgan fingerprint density at radius 1 is 0.958 bits per heavy atom. The Morgan fingerprint density at radius 3 is 2.38 bits per heavy atom. The molecule has 2 nitrogen and oxygen atoms in total. The molecule has 0 aliphatic carbocycles. The zero-order valence-electron chi connectivity index (χ0n) is 14.0. The molecule has 3 rings (SSSR count). The quantitative estimate of drug-likeness (QED) is 0.539. The highest BCUT2D eigenvalue weighted by Crippen LogP contribution is 2.23. The van der Waals surface area contributed by atoms with Crippen LogP contribution in [-0.2, 0) is 0 Å². The van der Waals surface area contributed by atoms with Gasteiger partial charge in [0.2, 0.25) is 0 Å². The molecule has 122 valence electrons. The van der Waals surface area contributed by atoms with Crippen molar-refractivity contribution in [1.82, 2.24) is 4.98 Å². The van der Waals surface area contributed by atoms with Crippen LogP contribution in [-0.4, -0.2) is 18.1 Å². The van der Waals surface area contributed by atoms with E-state index in [-0.39, 0.29) is 0 Å². The van der Waals surface area contributed by atoms with Gasteiger partial charge >= 0.3 is 0 Å². The molecule has 3 heteroatoms. The molecule has 0 saturated heterocycles. The lowest BCUT2D eigenvalue weighted by molar-refractivity contribution is 0.866. The first-order valence-corrected chi connectivity index (χ1v) is 8.67.